The quantitative estimate of drug-likeness (QED) is 0.698. The zero-order chi connectivity index (χ0) is 20.1. The number of benzene rings is 3. The molecule has 1 atom stereocenters. The molecule has 5 nitrogen and oxygen atoms in total. The predicted molar refractivity (Wildman–Crippen MR) is 112 cm³/mol. The highest BCUT2D eigenvalue weighted by molar-refractivity contribution is 5.90. The van der Waals surface area contributed by atoms with E-state index in [0.29, 0.717) is 6.54 Å². The number of hydrogen-bond acceptors (Lipinski definition) is 3. The molecule has 29 heavy (non-hydrogen) atoms. The van der Waals surface area contributed by atoms with Crippen LogP contribution in [0.15, 0.2) is 91.0 Å². The molecule has 3 aromatic carbocycles. The Morgan fingerprint density at radius 1 is 0.897 bits per heavy atom. The minimum Gasteiger partial charge on any atom is -0.442 e. The summed E-state index contributed by atoms with van der Waals surface area (Å²) in [5.41, 5.74) is 2.63. The number of hydrogen-bond donors (Lipinski definition) is 1. The summed E-state index contributed by atoms with van der Waals surface area (Å²) >= 11 is 0. The molecule has 1 saturated heterocycles. The predicted octanol–water partition coefficient (Wildman–Crippen LogP) is 3.96. The highest BCUT2D eigenvalue weighted by Crippen LogP contribution is 2.25. The highest BCUT2D eigenvalue weighted by atomic mass is 16.6. The van der Waals surface area contributed by atoms with Crippen molar-refractivity contribution in [3.8, 4) is 0 Å². The Morgan fingerprint density at radius 3 is 1.97 bits per heavy atom. The summed E-state index contributed by atoms with van der Waals surface area (Å²) in [6.45, 7) is 0.675. The maximum atomic E-state index is 13.1. The number of rotatable bonds is 6. The monoisotopic (exact) mass is 386 g/mol. The lowest BCUT2D eigenvalue weighted by molar-refractivity contribution is -0.122. The van der Waals surface area contributed by atoms with E-state index in [1.165, 1.54) is 0 Å². The normalized spacial score (nSPS) is 16.0. The maximum Gasteiger partial charge on any atom is 0.414 e. The fourth-order valence-corrected chi connectivity index (χ4v) is 3.55. The van der Waals surface area contributed by atoms with E-state index in [-0.39, 0.29) is 18.6 Å². The molecule has 0 aliphatic carbocycles. The highest BCUT2D eigenvalue weighted by Gasteiger charge is 2.33. The first-order valence-corrected chi connectivity index (χ1v) is 9.63. The van der Waals surface area contributed by atoms with Gasteiger partial charge in [0.05, 0.1) is 19.0 Å². The van der Waals surface area contributed by atoms with Crippen LogP contribution in [-0.2, 0) is 9.53 Å². The number of ether oxygens (including phenoxy) is 1. The molecule has 0 saturated carbocycles. The van der Waals surface area contributed by atoms with Gasteiger partial charge in [-0.1, -0.05) is 78.9 Å². The molecule has 0 spiro atoms. The van der Waals surface area contributed by atoms with Crippen LogP contribution in [0.5, 0.6) is 0 Å². The third kappa shape index (κ3) is 4.29. The van der Waals surface area contributed by atoms with Crippen LogP contribution in [-0.4, -0.2) is 31.2 Å². The van der Waals surface area contributed by atoms with Gasteiger partial charge in [-0.2, -0.15) is 0 Å². The largest absolute Gasteiger partial charge is 0.442 e. The van der Waals surface area contributed by atoms with Crippen molar-refractivity contribution in [3.63, 3.8) is 0 Å². The fraction of sp³-hybridized carbons (Fsp3) is 0.167. The Kier molecular flexibility index (Phi) is 5.56. The molecule has 1 aliphatic heterocycles. The van der Waals surface area contributed by atoms with E-state index < -0.39 is 12.0 Å². The lowest BCUT2D eigenvalue weighted by atomic mass is 9.90. The number of cyclic esters (lactones) is 1. The number of anilines is 1. The lowest BCUT2D eigenvalue weighted by Gasteiger charge is -2.19. The maximum absolute atomic E-state index is 13.1. The second kappa shape index (κ2) is 8.61. The summed E-state index contributed by atoms with van der Waals surface area (Å²) in [5, 5.41) is 2.97. The molecule has 5 heteroatoms. The van der Waals surface area contributed by atoms with Gasteiger partial charge in [0.1, 0.15) is 6.10 Å². The molecule has 1 fully saturated rings. The molecule has 3 aromatic rings. The smallest absolute Gasteiger partial charge is 0.414 e. The van der Waals surface area contributed by atoms with Gasteiger partial charge in [0.25, 0.3) is 0 Å². The van der Waals surface area contributed by atoms with E-state index in [2.05, 4.69) is 5.32 Å². The minimum atomic E-state index is -0.417. The first-order valence-electron chi connectivity index (χ1n) is 9.63. The summed E-state index contributed by atoms with van der Waals surface area (Å²) in [5.74, 6) is -0.531. The molecule has 1 heterocycles. The molecule has 0 unspecified atom stereocenters. The molecular formula is C24H22N2O3. The number of nitrogens with one attached hydrogen (secondary N) is 1. The zero-order valence-corrected chi connectivity index (χ0v) is 15.9. The minimum absolute atomic E-state index is 0.114. The van der Waals surface area contributed by atoms with Crippen molar-refractivity contribution in [3.05, 3.63) is 102 Å². The van der Waals surface area contributed by atoms with E-state index >= 15 is 0 Å². The van der Waals surface area contributed by atoms with Crippen molar-refractivity contribution < 1.29 is 14.3 Å². The van der Waals surface area contributed by atoms with Gasteiger partial charge < -0.3 is 10.1 Å². The standard InChI is InChI=1S/C24H22N2O3/c27-23(22(18-10-4-1-5-11-18)19-12-6-2-7-13-19)25-16-21-17-26(24(28)29-21)20-14-8-3-9-15-20/h1-15,21-22H,16-17H2,(H,25,27)/t21-/m1/s1. The van der Waals surface area contributed by atoms with Crippen molar-refractivity contribution in [2.45, 2.75) is 12.0 Å². The number of carbonyl (C=O) groups is 2. The van der Waals surface area contributed by atoms with Gasteiger partial charge in [0, 0.05) is 5.69 Å². The van der Waals surface area contributed by atoms with Crippen LogP contribution >= 0.6 is 0 Å². The van der Waals surface area contributed by atoms with E-state index in [1.807, 2.05) is 91.0 Å². The van der Waals surface area contributed by atoms with Crippen LogP contribution in [0.4, 0.5) is 10.5 Å². The first-order chi connectivity index (χ1) is 14.2. The Labute approximate surface area is 169 Å². The van der Waals surface area contributed by atoms with Crippen LogP contribution in [0.25, 0.3) is 0 Å². The van der Waals surface area contributed by atoms with Gasteiger partial charge in [0.2, 0.25) is 5.91 Å². The average molecular weight is 386 g/mol. The summed E-state index contributed by atoms with van der Waals surface area (Å²) in [4.78, 5) is 26.9. The van der Waals surface area contributed by atoms with E-state index in [1.54, 1.807) is 4.90 Å². The van der Waals surface area contributed by atoms with E-state index in [9.17, 15) is 9.59 Å². The van der Waals surface area contributed by atoms with Gasteiger partial charge in [-0.05, 0) is 23.3 Å². The van der Waals surface area contributed by atoms with Gasteiger partial charge in [0.15, 0.2) is 0 Å². The molecular weight excluding hydrogens is 364 g/mol. The summed E-state index contributed by atoms with van der Waals surface area (Å²) in [6, 6.07) is 28.7. The third-order valence-corrected chi connectivity index (χ3v) is 4.97. The SMILES string of the molecule is O=C(NC[C@@H]1CN(c2ccccc2)C(=O)O1)C(c1ccccc1)c1ccccc1. The second-order valence-corrected chi connectivity index (χ2v) is 6.95. The molecule has 0 bridgehead atoms. The Hall–Kier alpha value is -3.60. The van der Waals surface area contributed by atoms with Crippen molar-refractivity contribution in [1.82, 2.24) is 5.32 Å². The second-order valence-electron chi connectivity index (χ2n) is 6.95. The Balaban J connectivity index is 1.44. The number of carbonyl (C=O) groups excluding carboxylic acids is 2. The summed E-state index contributed by atoms with van der Waals surface area (Å²) < 4.78 is 5.44. The van der Waals surface area contributed by atoms with Crippen LogP contribution in [0.2, 0.25) is 0 Å². The van der Waals surface area contributed by atoms with Gasteiger partial charge >= 0.3 is 6.09 Å². The van der Waals surface area contributed by atoms with E-state index in [4.69, 9.17) is 4.74 Å². The summed E-state index contributed by atoms with van der Waals surface area (Å²) in [6.07, 6.45) is -0.781. The van der Waals surface area contributed by atoms with E-state index in [0.717, 1.165) is 16.8 Å². The topological polar surface area (TPSA) is 58.6 Å². The third-order valence-electron chi connectivity index (χ3n) is 4.97. The Morgan fingerprint density at radius 2 is 1.41 bits per heavy atom. The average Bonchev–Trinajstić information content (AvgIpc) is 3.15. The zero-order valence-electron chi connectivity index (χ0n) is 15.9. The van der Waals surface area contributed by atoms with Crippen molar-refractivity contribution in [1.29, 1.82) is 0 Å². The first kappa shape index (κ1) is 18.7. The van der Waals surface area contributed by atoms with Crippen molar-refractivity contribution >= 4 is 17.7 Å². The summed E-state index contributed by atoms with van der Waals surface area (Å²) in [7, 11) is 0. The van der Waals surface area contributed by atoms with Crippen molar-refractivity contribution in [2.75, 3.05) is 18.0 Å². The van der Waals surface area contributed by atoms with Crippen LogP contribution in [0.3, 0.4) is 0 Å². The van der Waals surface area contributed by atoms with Crippen LogP contribution in [0.1, 0.15) is 17.0 Å². The van der Waals surface area contributed by atoms with Gasteiger partial charge in [-0.3, -0.25) is 9.69 Å². The van der Waals surface area contributed by atoms with Gasteiger partial charge in [-0.25, -0.2) is 4.79 Å². The molecule has 146 valence electrons. The number of para-hydroxylation sites is 1. The molecule has 2 amide bonds. The molecule has 0 aromatic heterocycles. The fourth-order valence-electron chi connectivity index (χ4n) is 3.55. The molecule has 1 N–H and O–H groups in total. The van der Waals surface area contributed by atoms with Crippen LogP contribution in [0, 0.1) is 0 Å². The molecule has 0 radical (unpaired) electrons. The van der Waals surface area contributed by atoms with Crippen molar-refractivity contribution in [2.24, 2.45) is 0 Å². The Bertz CT molecular complexity index is 922. The number of amides is 2. The van der Waals surface area contributed by atoms with Crippen LogP contribution < -0.4 is 10.2 Å². The lowest BCUT2D eigenvalue weighted by Crippen LogP contribution is -2.37. The molecule has 4 rings (SSSR count). The molecule has 1 aliphatic rings. The van der Waals surface area contributed by atoms with Gasteiger partial charge in [-0.15, -0.1) is 0 Å². The number of nitrogens with zero attached hydrogens (tertiary/aromatic N) is 1.